The zero-order chi connectivity index (χ0) is 10.7. The molecule has 0 aromatic rings. The number of halogens is 2. The largest absolute Gasteiger partial charge is 0.498 e. The molecular formula is C10H13ClFNO. The van der Waals surface area contributed by atoms with E-state index in [1.807, 2.05) is 13.8 Å². The highest BCUT2D eigenvalue weighted by Crippen LogP contribution is 2.26. The molecule has 1 aliphatic rings. The maximum atomic E-state index is 12.9. The van der Waals surface area contributed by atoms with Gasteiger partial charge in [0.15, 0.2) is 6.17 Å². The Kier molecular flexibility index (Phi) is 3.69. The molecule has 1 atom stereocenters. The van der Waals surface area contributed by atoms with Crippen LogP contribution in [0.3, 0.4) is 0 Å². The van der Waals surface area contributed by atoms with Crippen LogP contribution in [0, 0.1) is 5.41 Å². The molecule has 2 nitrogen and oxygen atoms in total. The normalized spacial score (nSPS) is 25.5. The predicted octanol–water partition coefficient (Wildman–Crippen LogP) is 3.18. The summed E-state index contributed by atoms with van der Waals surface area (Å²) in [6.07, 6.45) is 1.67. The lowest BCUT2D eigenvalue weighted by atomic mass is 9.99. The van der Waals surface area contributed by atoms with Crippen LogP contribution in [-0.2, 0) is 4.74 Å². The van der Waals surface area contributed by atoms with Gasteiger partial charge in [0, 0.05) is 17.0 Å². The summed E-state index contributed by atoms with van der Waals surface area (Å²) in [6, 6.07) is 0. The predicted molar refractivity (Wildman–Crippen MR) is 55.5 cm³/mol. The van der Waals surface area contributed by atoms with Crippen molar-refractivity contribution in [2.24, 2.45) is 0 Å². The highest BCUT2D eigenvalue weighted by molar-refractivity contribution is 6.33. The fraction of sp³-hybridized carbons (Fsp3) is 0.500. The molecule has 0 saturated carbocycles. The van der Waals surface area contributed by atoms with Crippen LogP contribution >= 0.6 is 11.6 Å². The van der Waals surface area contributed by atoms with E-state index in [9.17, 15) is 4.39 Å². The smallest absolute Gasteiger partial charge is 0.158 e. The number of hydrogen-bond acceptors (Lipinski definition) is 2. The number of nitrogens with one attached hydrogen (secondary N) is 1. The molecule has 0 fully saturated rings. The van der Waals surface area contributed by atoms with Gasteiger partial charge in [0.25, 0.3) is 0 Å². The molecule has 1 unspecified atom stereocenters. The Morgan fingerprint density at radius 1 is 1.71 bits per heavy atom. The summed E-state index contributed by atoms with van der Waals surface area (Å²) < 4.78 is 18.2. The molecule has 0 aliphatic heterocycles. The van der Waals surface area contributed by atoms with Crippen molar-refractivity contribution in [1.82, 2.24) is 0 Å². The van der Waals surface area contributed by atoms with Crippen molar-refractivity contribution in [1.29, 1.82) is 5.41 Å². The summed E-state index contributed by atoms with van der Waals surface area (Å²) in [5, 5.41) is 7.67. The summed E-state index contributed by atoms with van der Waals surface area (Å²) in [4.78, 5) is 0. The van der Waals surface area contributed by atoms with Gasteiger partial charge in [-0.15, -0.1) is 0 Å². The molecule has 0 aromatic carbocycles. The van der Waals surface area contributed by atoms with Crippen LogP contribution in [0.4, 0.5) is 4.39 Å². The van der Waals surface area contributed by atoms with E-state index in [1.165, 1.54) is 12.3 Å². The molecule has 0 bridgehead atoms. The SMILES string of the molecule is CC(C)OC=C1CC(=N)C(F)C=C1Cl. The minimum atomic E-state index is -1.35. The third kappa shape index (κ3) is 2.84. The zero-order valence-electron chi connectivity index (χ0n) is 8.18. The van der Waals surface area contributed by atoms with Gasteiger partial charge in [-0.2, -0.15) is 0 Å². The van der Waals surface area contributed by atoms with Crippen molar-refractivity contribution in [3.63, 3.8) is 0 Å². The van der Waals surface area contributed by atoms with E-state index in [0.29, 0.717) is 10.6 Å². The summed E-state index contributed by atoms with van der Waals surface area (Å²) in [5.74, 6) is 0. The molecule has 0 spiro atoms. The Morgan fingerprint density at radius 3 is 2.93 bits per heavy atom. The third-order valence-electron chi connectivity index (χ3n) is 1.80. The number of alkyl halides is 1. The molecule has 4 heteroatoms. The number of ether oxygens (including phenoxy) is 1. The second kappa shape index (κ2) is 4.60. The van der Waals surface area contributed by atoms with Gasteiger partial charge in [-0.1, -0.05) is 11.6 Å². The second-order valence-electron chi connectivity index (χ2n) is 3.45. The average Bonchev–Trinajstić information content (AvgIpc) is 2.09. The van der Waals surface area contributed by atoms with Crippen LogP contribution in [0.1, 0.15) is 20.3 Å². The second-order valence-corrected chi connectivity index (χ2v) is 3.85. The molecule has 0 heterocycles. The fourth-order valence-corrected chi connectivity index (χ4v) is 1.26. The topological polar surface area (TPSA) is 33.1 Å². The first kappa shape index (κ1) is 11.2. The summed E-state index contributed by atoms with van der Waals surface area (Å²) in [5.41, 5.74) is 0.687. The van der Waals surface area contributed by atoms with Gasteiger partial charge in [0.1, 0.15) is 0 Å². The first-order valence-electron chi connectivity index (χ1n) is 4.44. The lowest BCUT2D eigenvalue weighted by Gasteiger charge is -2.16. The van der Waals surface area contributed by atoms with Gasteiger partial charge in [-0.25, -0.2) is 4.39 Å². The first-order chi connectivity index (χ1) is 6.50. The zero-order valence-corrected chi connectivity index (χ0v) is 8.94. The average molecular weight is 218 g/mol. The maximum absolute atomic E-state index is 12.9. The Bertz CT molecular complexity index is 296. The lowest BCUT2D eigenvalue weighted by Crippen LogP contribution is -2.18. The van der Waals surface area contributed by atoms with Crippen LogP contribution in [0.15, 0.2) is 22.9 Å². The standard InChI is InChI=1S/C10H13ClFNO/c1-6(2)14-5-7-3-10(13)9(12)4-8(7)11/h4-6,9,13H,3H2,1-2H3. The van der Waals surface area contributed by atoms with Crippen molar-refractivity contribution in [2.45, 2.75) is 32.5 Å². The van der Waals surface area contributed by atoms with Crippen molar-refractivity contribution in [3.8, 4) is 0 Å². The van der Waals surface area contributed by atoms with Gasteiger partial charge in [0.2, 0.25) is 0 Å². The number of allylic oxidation sites excluding steroid dienone is 3. The van der Waals surface area contributed by atoms with Gasteiger partial charge in [-0.05, 0) is 19.9 Å². The molecule has 0 saturated heterocycles. The molecule has 1 rings (SSSR count). The van der Waals surface area contributed by atoms with E-state index in [0.717, 1.165) is 0 Å². The van der Waals surface area contributed by atoms with Crippen molar-refractivity contribution >= 4 is 17.3 Å². The van der Waals surface area contributed by atoms with Crippen LogP contribution < -0.4 is 0 Å². The van der Waals surface area contributed by atoms with Crippen LogP contribution in [0.2, 0.25) is 0 Å². The van der Waals surface area contributed by atoms with Crippen LogP contribution in [0.25, 0.3) is 0 Å². The van der Waals surface area contributed by atoms with E-state index in [1.54, 1.807) is 0 Å². The molecule has 1 N–H and O–H groups in total. The molecule has 78 valence electrons. The number of rotatable bonds is 2. The maximum Gasteiger partial charge on any atom is 0.158 e. The van der Waals surface area contributed by atoms with E-state index >= 15 is 0 Å². The Balaban J connectivity index is 2.76. The Hall–Kier alpha value is -0.830. The highest BCUT2D eigenvalue weighted by Gasteiger charge is 2.21. The minimum Gasteiger partial charge on any atom is -0.498 e. The molecule has 0 aromatic heterocycles. The Labute approximate surface area is 87.9 Å². The first-order valence-corrected chi connectivity index (χ1v) is 4.82. The van der Waals surface area contributed by atoms with Gasteiger partial charge in [0.05, 0.1) is 18.1 Å². The van der Waals surface area contributed by atoms with Gasteiger partial charge in [-0.3, -0.25) is 0 Å². The van der Waals surface area contributed by atoms with Crippen LogP contribution in [-0.4, -0.2) is 18.0 Å². The van der Waals surface area contributed by atoms with Gasteiger partial charge < -0.3 is 10.1 Å². The molecular weight excluding hydrogens is 205 g/mol. The summed E-state index contributed by atoms with van der Waals surface area (Å²) >= 11 is 5.80. The van der Waals surface area contributed by atoms with Crippen molar-refractivity contribution < 1.29 is 9.13 Å². The molecule has 0 amide bonds. The molecule has 14 heavy (non-hydrogen) atoms. The van der Waals surface area contributed by atoms with E-state index in [2.05, 4.69) is 0 Å². The summed E-state index contributed by atoms with van der Waals surface area (Å²) in [6.45, 7) is 3.78. The quantitative estimate of drug-likeness (QED) is 0.708. The van der Waals surface area contributed by atoms with E-state index in [-0.39, 0.29) is 18.2 Å². The minimum absolute atomic E-state index is 0.0213. The lowest BCUT2D eigenvalue weighted by molar-refractivity contribution is 0.177. The van der Waals surface area contributed by atoms with Crippen molar-refractivity contribution in [3.05, 3.63) is 22.9 Å². The fourth-order valence-electron chi connectivity index (χ4n) is 1.04. The number of hydrogen-bond donors (Lipinski definition) is 1. The molecule has 0 radical (unpaired) electrons. The van der Waals surface area contributed by atoms with Crippen LogP contribution in [0.5, 0.6) is 0 Å². The van der Waals surface area contributed by atoms with E-state index < -0.39 is 6.17 Å². The van der Waals surface area contributed by atoms with Crippen molar-refractivity contribution in [2.75, 3.05) is 0 Å². The van der Waals surface area contributed by atoms with Gasteiger partial charge >= 0.3 is 0 Å². The third-order valence-corrected chi connectivity index (χ3v) is 2.16. The Morgan fingerprint density at radius 2 is 2.36 bits per heavy atom. The highest BCUT2D eigenvalue weighted by atomic mass is 35.5. The monoisotopic (exact) mass is 217 g/mol. The summed E-state index contributed by atoms with van der Waals surface area (Å²) in [7, 11) is 0. The van der Waals surface area contributed by atoms with E-state index in [4.69, 9.17) is 21.7 Å². The molecule has 1 aliphatic carbocycles.